The first kappa shape index (κ1) is 46.8. The summed E-state index contributed by atoms with van der Waals surface area (Å²) in [5, 5.41) is 0. The molecule has 0 fully saturated rings. The molecule has 0 aromatic carbocycles. The van der Waals surface area contributed by atoms with Gasteiger partial charge in [0, 0.05) is 12.8 Å². The number of nitrogens with zero attached hydrogens (tertiary/aromatic N) is 1. The standard InChI is InChI=1S/C38H74NO8P/c1-6-8-10-12-14-16-17-18-19-20-21-23-25-27-29-31-38(41)47-36(35-46-48(42,43)45-33-32-39(3,4)5)34-44-37(40)30-28-26-24-22-15-13-11-9-7-2/h21,23,36H,6-20,22,24-35H2,1-5H3/p+1/b23-21+/t36-/m1/s1. The summed E-state index contributed by atoms with van der Waals surface area (Å²) < 4.78 is 34.1. The molecule has 0 aliphatic rings. The Hall–Kier alpha value is -1.25. The van der Waals surface area contributed by atoms with Gasteiger partial charge in [-0.3, -0.25) is 18.6 Å². The fraction of sp³-hybridized carbons (Fsp3) is 0.895. The number of rotatable bonds is 35. The van der Waals surface area contributed by atoms with E-state index in [-0.39, 0.29) is 32.0 Å². The van der Waals surface area contributed by atoms with Crippen molar-refractivity contribution >= 4 is 19.8 Å². The Morgan fingerprint density at radius 2 is 1.06 bits per heavy atom. The second kappa shape index (κ2) is 31.7. The maximum atomic E-state index is 12.6. The monoisotopic (exact) mass is 705 g/mol. The van der Waals surface area contributed by atoms with Gasteiger partial charge in [-0.25, -0.2) is 4.57 Å². The van der Waals surface area contributed by atoms with E-state index in [9.17, 15) is 19.0 Å². The first-order chi connectivity index (χ1) is 23.0. The van der Waals surface area contributed by atoms with Crippen LogP contribution in [0.15, 0.2) is 12.2 Å². The highest BCUT2D eigenvalue weighted by atomic mass is 31.2. The van der Waals surface area contributed by atoms with Crippen molar-refractivity contribution in [2.24, 2.45) is 0 Å². The third kappa shape index (κ3) is 34.6. The van der Waals surface area contributed by atoms with Gasteiger partial charge in [0.25, 0.3) is 0 Å². The molecule has 0 saturated carbocycles. The lowest BCUT2D eigenvalue weighted by molar-refractivity contribution is -0.870. The smallest absolute Gasteiger partial charge is 0.462 e. The van der Waals surface area contributed by atoms with Crippen molar-refractivity contribution in [3.05, 3.63) is 12.2 Å². The highest BCUT2D eigenvalue weighted by molar-refractivity contribution is 7.47. The van der Waals surface area contributed by atoms with Gasteiger partial charge < -0.3 is 18.9 Å². The zero-order valence-electron chi connectivity index (χ0n) is 31.7. The van der Waals surface area contributed by atoms with E-state index in [0.29, 0.717) is 17.4 Å². The summed E-state index contributed by atoms with van der Waals surface area (Å²) in [6.45, 7) is 4.37. The summed E-state index contributed by atoms with van der Waals surface area (Å²) in [7, 11) is 1.47. The first-order valence-corrected chi connectivity index (χ1v) is 20.9. The zero-order chi connectivity index (χ0) is 35.8. The number of likely N-dealkylation sites (N-methyl/N-ethyl adjacent to an activating group) is 1. The van der Waals surface area contributed by atoms with Crippen LogP contribution < -0.4 is 0 Å². The summed E-state index contributed by atoms with van der Waals surface area (Å²) >= 11 is 0. The summed E-state index contributed by atoms with van der Waals surface area (Å²) in [6.07, 6.45) is 29.8. The number of esters is 2. The molecule has 10 heteroatoms. The van der Waals surface area contributed by atoms with Crippen LogP contribution in [0.25, 0.3) is 0 Å². The van der Waals surface area contributed by atoms with Gasteiger partial charge >= 0.3 is 19.8 Å². The number of ether oxygens (including phenoxy) is 2. The molecule has 0 rings (SSSR count). The number of carbonyl (C=O) groups excluding carboxylic acids is 2. The first-order valence-electron chi connectivity index (χ1n) is 19.4. The molecule has 0 aromatic rings. The molecular weight excluding hydrogens is 629 g/mol. The van der Waals surface area contributed by atoms with Gasteiger partial charge in [0.2, 0.25) is 0 Å². The number of phosphoric acid groups is 1. The van der Waals surface area contributed by atoms with Crippen LogP contribution in [0.4, 0.5) is 0 Å². The van der Waals surface area contributed by atoms with E-state index < -0.39 is 26.5 Å². The van der Waals surface area contributed by atoms with Gasteiger partial charge in [-0.2, -0.15) is 0 Å². The van der Waals surface area contributed by atoms with E-state index in [0.717, 1.165) is 38.5 Å². The summed E-state index contributed by atoms with van der Waals surface area (Å²) in [4.78, 5) is 35.1. The van der Waals surface area contributed by atoms with Crippen molar-refractivity contribution in [1.29, 1.82) is 0 Å². The number of unbranched alkanes of at least 4 members (excludes halogenated alkanes) is 19. The zero-order valence-corrected chi connectivity index (χ0v) is 32.6. The Kier molecular flexibility index (Phi) is 30.9. The minimum atomic E-state index is -4.36. The molecule has 0 heterocycles. The molecule has 0 aliphatic carbocycles. The van der Waals surface area contributed by atoms with E-state index in [1.165, 1.54) is 96.3 Å². The van der Waals surface area contributed by atoms with Crippen LogP contribution in [0.3, 0.4) is 0 Å². The summed E-state index contributed by atoms with van der Waals surface area (Å²) in [6, 6.07) is 0. The predicted octanol–water partition coefficient (Wildman–Crippen LogP) is 10.2. The number of allylic oxidation sites excluding steroid dienone is 2. The minimum absolute atomic E-state index is 0.0309. The molecule has 284 valence electrons. The second-order valence-corrected chi connectivity index (χ2v) is 15.8. The molecule has 2 atom stereocenters. The third-order valence-electron chi connectivity index (χ3n) is 8.30. The normalized spacial score (nSPS) is 13.9. The minimum Gasteiger partial charge on any atom is -0.462 e. The molecule has 0 amide bonds. The molecule has 1 N–H and O–H groups in total. The largest absolute Gasteiger partial charge is 0.472 e. The van der Waals surface area contributed by atoms with Gasteiger partial charge in [0.15, 0.2) is 6.10 Å². The molecular formula is C38H75NO8P+. The van der Waals surface area contributed by atoms with Crippen molar-refractivity contribution in [3.63, 3.8) is 0 Å². The highest BCUT2D eigenvalue weighted by Crippen LogP contribution is 2.43. The molecule has 0 bridgehead atoms. The topological polar surface area (TPSA) is 108 Å². The molecule has 9 nitrogen and oxygen atoms in total. The molecule has 0 spiro atoms. The van der Waals surface area contributed by atoms with Gasteiger partial charge in [-0.1, -0.05) is 129 Å². The van der Waals surface area contributed by atoms with Crippen LogP contribution in [0.1, 0.15) is 168 Å². The number of hydrogen-bond acceptors (Lipinski definition) is 7. The fourth-order valence-electron chi connectivity index (χ4n) is 5.18. The molecule has 1 unspecified atom stereocenters. The van der Waals surface area contributed by atoms with Crippen molar-refractivity contribution in [2.45, 2.75) is 174 Å². The Morgan fingerprint density at radius 3 is 1.58 bits per heavy atom. The van der Waals surface area contributed by atoms with Crippen molar-refractivity contribution in [3.8, 4) is 0 Å². The van der Waals surface area contributed by atoms with Crippen LogP contribution in [0.5, 0.6) is 0 Å². The average molecular weight is 705 g/mol. The Labute approximate surface area is 295 Å². The van der Waals surface area contributed by atoms with Crippen molar-refractivity contribution in [1.82, 2.24) is 0 Å². The lowest BCUT2D eigenvalue weighted by Crippen LogP contribution is -2.37. The SMILES string of the molecule is CCCCCCCCCCC/C=C/CCCCC(=O)O[C@H](COC(=O)CCCCCCCCCCC)COP(=O)(O)OCC[N+](C)(C)C. The Morgan fingerprint density at radius 1 is 0.625 bits per heavy atom. The molecule has 0 radical (unpaired) electrons. The summed E-state index contributed by atoms with van der Waals surface area (Å²) in [5.74, 6) is -0.824. The highest BCUT2D eigenvalue weighted by Gasteiger charge is 2.27. The molecule has 0 saturated heterocycles. The number of phosphoric ester groups is 1. The third-order valence-corrected chi connectivity index (χ3v) is 9.28. The predicted molar refractivity (Wildman–Crippen MR) is 197 cm³/mol. The lowest BCUT2D eigenvalue weighted by atomic mass is 10.1. The van der Waals surface area contributed by atoms with Crippen LogP contribution in [0.2, 0.25) is 0 Å². The second-order valence-electron chi connectivity index (χ2n) is 14.3. The van der Waals surface area contributed by atoms with Gasteiger partial charge in [0.1, 0.15) is 19.8 Å². The van der Waals surface area contributed by atoms with Crippen LogP contribution >= 0.6 is 7.82 Å². The van der Waals surface area contributed by atoms with E-state index in [4.69, 9.17) is 18.5 Å². The number of hydrogen-bond donors (Lipinski definition) is 1. The molecule has 0 aliphatic heterocycles. The van der Waals surface area contributed by atoms with Gasteiger partial charge in [-0.05, 0) is 38.5 Å². The van der Waals surface area contributed by atoms with E-state index in [1.54, 1.807) is 0 Å². The lowest BCUT2D eigenvalue weighted by Gasteiger charge is -2.24. The van der Waals surface area contributed by atoms with Crippen LogP contribution in [-0.2, 0) is 32.7 Å². The van der Waals surface area contributed by atoms with Crippen LogP contribution in [-0.4, -0.2) is 74.9 Å². The Bertz CT molecular complexity index is 845. The average Bonchev–Trinajstić information content (AvgIpc) is 3.02. The van der Waals surface area contributed by atoms with Crippen molar-refractivity contribution in [2.75, 3.05) is 47.5 Å². The van der Waals surface area contributed by atoms with Crippen molar-refractivity contribution < 1.29 is 42.1 Å². The number of carbonyl (C=O) groups is 2. The maximum Gasteiger partial charge on any atom is 0.472 e. The number of quaternary nitrogens is 1. The van der Waals surface area contributed by atoms with E-state index in [1.807, 2.05) is 21.1 Å². The molecule has 48 heavy (non-hydrogen) atoms. The molecule has 0 aromatic heterocycles. The van der Waals surface area contributed by atoms with Gasteiger partial charge in [-0.15, -0.1) is 0 Å². The van der Waals surface area contributed by atoms with E-state index >= 15 is 0 Å². The quantitative estimate of drug-likeness (QED) is 0.0228. The maximum absolute atomic E-state index is 12.6. The Balaban J connectivity index is 4.43. The van der Waals surface area contributed by atoms with Crippen LogP contribution in [0, 0.1) is 0 Å². The fourth-order valence-corrected chi connectivity index (χ4v) is 5.93. The van der Waals surface area contributed by atoms with Gasteiger partial charge in [0.05, 0.1) is 27.7 Å². The van der Waals surface area contributed by atoms with E-state index in [2.05, 4.69) is 26.0 Å². The summed E-state index contributed by atoms with van der Waals surface area (Å²) in [5.41, 5.74) is 0.